The molecule has 1 aromatic heterocycles. The van der Waals surface area contributed by atoms with Gasteiger partial charge >= 0.3 is 0 Å². The highest BCUT2D eigenvalue weighted by atomic mass is 16.3. The monoisotopic (exact) mass is 176 g/mol. The van der Waals surface area contributed by atoms with E-state index in [0.717, 1.165) is 17.8 Å². The molecular formula is C11H12O2. The molecule has 1 atom stereocenters. The van der Waals surface area contributed by atoms with E-state index >= 15 is 0 Å². The van der Waals surface area contributed by atoms with Gasteiger partial charge in [0.2, 0.25) is 0 Å². The lowest BCUT2D eigenvalue weighted by Crippen LogP contribution is -2.10. The molecule has 0 bridgehead atoms. The topological polar surface area (TPSA) is 30.2 Å². The number of hydrogen-bond acceptors (Lipinski definition) is 2. The van der Waals surface area contributed by atoms with E-state index in [2.05, 4.69) is 0 Å². The minimum atomic E-state index is 0.213. The van der Waals surface area contributed by atoms with Crippen LogP contribution in [-0.2, 0) is 4.79 Å². The summed E-state index contributed by atoms with van der Waals surface area (Å²) in [6, 6.07) is 3.81. The third-order valence-electron chi connectivity index (χ3n) is 2.37. The molecule has 0 N–H and O–H groups in total. The molecule has 0 fully saturated rings. The molecule has 0 saturated carbocycles. The van der Waals surface area contributed by atoms with Crippen LogP contribution in [0.1, 0.15) is 31.4 Å². The Balaban J connectivity index is 2.20. The second kappa shape index (κ2) is 3.21. The Hall–Kier alpha value is -1.31. The van der Waals surface area contributed by atoms with Crippen molar-refractivity contribution in [3.8, 4) is 0 Å². The minimum absolute atomic E-state index is 0.213. The summed E-state index contributed by atoms with van der Waals surface area (Å²) in [6.07, 6.45) is 4.93. The highest BCUT2D eigenvalue weighted by Gasteiger charge is 2.21. The smallest absolute Gasteiger partial charge is 0.156 e. The first-order valence-electron chi connectivity index (χ1n) is 4.49. The quantitative estimate of drug-likeness (QED) is 0.658. The van der Waals surface area contributed by atoms with Gasteiger partial charge in [-0.25, -0.2) is 0 Å². The van der Waals surface area contributed by atoms with Crippen molar-refractivity contribution in [2.45, 2.75) is 25.7 Å². The van der Waals surface area contributed by atoms with Crippen molar-refractivity contribution in [1.29, 1.82) is 0 Å². The van der Waals surface area contributed by atoms with Crippen molar-refractivity contribution in [2.24, 2.45) is 0 Å². The first kappa shape index (κ1) is 8.30. The second-order valence-electron chi connectivity index (χ2n) is 3.58. The summed E-state index contributed by atoms with van der Waals surface area (Å²) in [5.74, 6) is 1.40. The Morgan fingerprint density at radius 1 is 1.46 bits per heavy atom. The molecule has 0 amide bonds. The van der Waals surface area contributed by atoms with Gasteiger partial charge in [0.05, 0.1) is 6.26 Å². The summed E-state index contributed by atoms with van der Waals surface area (Å²) >= 11 is 0. The van der Waals surface area contributed by atoms with Crippen LogP contribution in [0.4, 0.5) is 0 Å². The Kier molecular flexibility index (Phi) is 2.05. The van der Waals surface area contributed by atoms with Gasteiger partial charge in [-0.1, -0.05) is 5.57 Å². The van der Waals surface area contributed by atoms with Gasteiger partial charge < -0.3 is 4.42 Å². The van der Waals surface area contributed by atoms with Crippen molar-refractivity contribution in [2.75, 3.05) is 0 Å². The van der Waals surface area contributed by atoms with Gasteiger partial charge in [0.1, 0.15) is 5.76 Å². The zero-order valence-electron chi connectivity index (χ0n) is 7.62. The summed E-state index contributed by atoms with van der Waals surface area (Å²) in [4.78, 5) is 11.3. The largest absolute Gasteiger partial charge is 0.469 e. The standard InChI is InChI=1S/C11H12O2/c1-8-5-9(7-10(12)6-8)11-3-2-4-13-11/h2-4,6,9H,5,7H2,1H3. The third kappa shape index (κ3) is 1.72. The fourth-order valence-electron chi connectivity index (χ4n) is 1.82. The van der Waals surface area contributed by atoms with Crippen LogP contribution >= 0.6 is 0 Å². The zero-order valence-corrected chi connectivity index (χ0v) is 7.62. The van der Waals surface area contributed by atoms with E-state index in [0.29, 0.717) is 6.42 Å². The lowest BCUT2D eigenvalue weighted by molar-refractivity contribution is -0.115. The third-order valence-corrected chi connectivity index (χ3v) is 2.37. The summed E-state index contributed by atoms with van der Waals surface area (Å²) in [5.41, 5.74) is 1.15. The second-order valence-corrected chi connectivity index (χ2v) is 3.58. The SMILES string of the molecule is CC1=CC(=O)CC(c2ccco2)C1. The van der Waals surface area contributed by atoms with Gasteiger partial charge in [-0.15, -0.1) is 0 Å². The molecule has 2 rings (SSSR count). The number of carbonyl (C=O) groups is 1. The van der Waals surface area contributed by atoms with Gasteiger partial charge in [0.25, 0.3) is 0 Å². The van der Waals surface area contributed by atoms with E-state index in [1.54, 1.807) is 12.3 Å². The van der Waals surface area contributed by atoms with Crippen molar-refractivity contribution in [3.05, 3.63) is 35.8 Å². The molecule has 68 valence electrons. The molecule has 0 saturated heterocycles. The number of hydrogen-bond donors (Lipinski definition) is 0. The van der Waals surface area contributed by atoms with E-state index < -0.39 is 0 Å². The van der Waals surface area contributed by atoms with Gasteiger partial charge in [0.15, 0.2) is 5.78 Å². The molecule has 1 aliphatic rings. The van der Waals surface area contributed by atoms with Gasteiger partial charge in [-0.05, 0) is 31.6 Å². The highest BCUT2D eigenvalue weighted by Crippen LogP contribution is 2.31. The molecule has 0 spiro atoms. The summed E-state index contributed by atoms with van der Waals surface area (Å²) < 4.78 is 5.29. The van der Waals surface area contributed by atoms with E-state index in [-0.39, 0.29) is 11.7 Å². The first-order valence-corrected chi connectivity index (χ1v) is 4.49. The number of carbonyl (C=O) groups excluding carboxylic acids is 1. The average Bonchev–Trinajstić information content (AvgIpc) is 2.53. The molecule has 0 radical (unpaired) electrons. The van der Waals surface area contributed by atoms with Crippen LogP contribution in [0.25, 0.3) is 0 Å². The lowest BCUT2D eigenvalue weighted by Gasteiger charge is -2.17. The first-order chi connectivity index (χ1) is 6.25. The van der Waals surface area contributed by atoms with Crippen molar-refractivity contribution in [3.63, 3.8) is 0 Å². The van der Waals surface area contributed by atoms with Gasteiger partial charge in [0, 0.05) is 12.3 Å². The Morgan fingerprint density at radius 2 is 2.31 bits per heavy atom. The summed E-state index contributed by atoms with van der Waals surface area (Å²) in [5, 5.41) is 0. The summed E-state index contributed by atoms with van der Waals surface area (Å²) in [7, 11) is 0. The summed E-state index contributed by atoms with van der Waals surface area (Å²) in [6.45, 7) is 1.99. The maximum absolute atomic E-state index is 11.3. The molecule has 1 unspecified atom stereocenters. The normalized spacial score (nSPS) is 23.0. The zero-order chi connectivity index (χ0) is 9.26. The van der Waals surface area contributed by atoms with E-state index in [1.165, 1.54) is 0 Å². The fourth-order valence-corrected chi connectivity index (χ4v) is 1.82. The van der Waals surface area contributed by atoms with Gasteiger partial charge in [-0.2, -0.15) is 0 Å². The predicted molar refractivity (Wildman–Crippen MR) is 49.4 cm³/mol. The van der Waals surface area contributed by atoms with Crippen LogP contribution in [0.5, 0.6) is 0 Å². The van der Waals surface area contributed by atoms with Gasteiger partial charge in [-0.3, -0.25) is 4.79 Å². The average molecular weight is 176 g/mol. The molecule has 1 heterocycles. The van der Waals surface area contributed by atoms with E-state index in [4.69, 9.17) is 4.42 Å². The Bertz CT molecular complexity index is 333. The number of ketones is 1. The molecule has 0 aliphatic heterocycles. The lowest BCUT2D eigenvalue weighted by atomic mass is 9.87. The molecule has 1 aromatic rings. The molecule has 13 heavy (non-hydrogen) atoms. The maximum atomic E-state index is 11.3. The van der Waals surface area contributed by atoms with E-state index in [9.17, 15) is 4.79 Å². The highest BCUT2D eigenvalue weighted by molar-refractivity contribution is 5.91. The number of allylic oxidation sites excluding steroid dienone is 2. The van der Waals surface area contributed by atoms with Crippen LogP contribution in [0.2, 0.25) is 0 Å². The van der Waals surface area contributed by atoms with E-state index in [1.807, 2.05) is 19.1 Å². The Labute approximate surface area is 77.2 Å². The van der Waals surface area contributed by atoms with Crippen LogP contribution in [0.3, 0.4) is 0 Å². The molecular weight excluding hydrogens is 164 g/mol. The molecule has 1 aliphatic carbocycles. The minimum Gasteiger partial charge on any atom is -0.469 e. The van der Waals surface area contributed by atoms with Crippen LogP contribution in [0.15, 0.2) is 34.5 Å². The van der Waals surface area contributed by atoms with Crippen LogP contribution < -0.4 is 0 Å². The van der Waals surface area contributed by atoms with Crippen molar-refractivity contribution >= 4 is 5.78 Å². The Morgan fingerprint density at radius 3 is 2.92 bits per heavy atom. The van der Waals surface area contributed by atoms with Crippen molar-refractivity contribution < 1.29 is 9.21 Å². The number of furan rings is 1. The molecule has 0 aromatic carbocycles. The predicted octanol–water partition coefficient (Wildman–Crippen LogP) is 2.67. The van der Waals surface area contributed by atoms with Crippen LogP contribution in [0, 0.1) is 0 Å². The van der Waals surface area contributed by atoms with Crippen molar-refractivity contribution in [1.82, 2.24) is 0 Å². The molecule has 2 nitrogen and oxygen atoms in total. The fraction of sp³-hybridized carbons (Fsp3) is 0.364. The van der Waals surface area contributed by atoms with Crippen LogP contribution in [-0.4, -0.2) is 5.78 Å². The maximum Gasteiger partial charge on any atom is 0.156 e. The molecule has 2 heteroatoms. The number of rotatable bonds is 1.